The molecule has 0 spiro atoms. The molecule has 0 saturated carbocycles. The molecule has 0 fully saturated rings. The molecule has 1 heterocycles. The van der Waals surface area contributed by atoms with Gasteiger partial charge in [-0.2, -0.15) is 0 Å². The van der Waals surface area contributed by atoms with Gasteiger partial charge in [-0.15, -0.1) is 11.3 Å². The molecule has 19 heavy (non-hydrogen) atoms. The van der Waals surface area contributed by atoms with Gasteiger partial charge in [0, 0.05) is 32.7 Å². The van der Waals surface area contributed by atoms with E-state index >= 15 is 0 Å². The zero-order valence-electron chi connectivity index (χ0n) is 10.6. The van der Waals surface area contributed by atoms with Gasteiger partial charge in [0.05, 0.1) is 4.90 Å². The highest BCUT2D eigenvalue weighted by atomic mass is 79.9. The van der Waals surface area contributed by atoms with Gasteiger partial charge >= 0.3 is 0 Å². The van der Waals surface area contributed by atoms with Crippen molar-refractivity contribution in [2.45, 2.75) is 18.4 Å². The van der Waals surface area contributed by atoms with Crippen LogP contribution in [0.15, 0.2) is 39.7 Å². The van der Waals surface area contributed by atoms with Crippen LogP contribution in [0.5, 0.6) is 0 Å². The molecule has 2 aromatic rings. The number of rotatable bonds is 4. The Bertz CT molecular complexity index is 673. The summed E-state index contributed by atoms with van der Waals surface area (Å²) in [5, 5.41) is 3.24. The molecular weight excluding hydrogens is 346 g/mol. The Hall–Kier alpha value is -0.850. The zero-order valence-corrected chi connectivity index (χ0v) is 13.8. The van der Waals surface area contributed by atoms with Crippen LogP contribution in [-0.2, 0) is 16.4 Å². The van der Waals surface area contributed by atoms with Gasteiger partial charge in [0.2, 0.25) is 0 Å². The molecule has 1 N–H and O–H groups in total. The highest BCUT2D eigenvalue weighted by Gasteiger charge is 2.07. The van der Waals surface area contributed by atoms with Crippen molar-refractivity contribution in [3.63, 3.8) is 0 Å². The van der Waals surface area contributed by atoms with Crippen LogP contribution in [0.2, 0.25) is 0 Å². The van der Waals surface area contributed by atoms with Crippen molar-refractivity contribution in [2.75, 3.05) is 11.6 Å². The van der Waals surface area contributed by atoms with Gasteiger partial charge < -0.3 is 5.32 Å². The Kier molecular flexibility index (Phi) is 4.32. The quantitative estimate of drug-likeness (QED) is 0.901. The second kappa shape index (κ2) is 5.64. The second-order valence-electron chi connectivity index (χ2n) is 4.27. The molecule has 1 aromatic heterocycles. The molecule has 0 bridgehead atoms. The molecule has 0 aliphatic heterocycles. The van der Waals surface area contributed by atoms with Crippen LogP contribution in [0.4, 0.5) is 5.69 Å². The number of halogens is 1. The lowest BCUT2D eigenvalue weighted by atomic mass is 10.3. The van der Waals surface area contributed by atoms with Crippen molar-refractivity contribution >= 4 is 42.8 Å². The van der Waals surface area contributed by atoms with E-state index in [4.69, 9.17) is 0 Å². The summed E-state index contributed by atoms with van der Waals surface area (Å²) in [5.41, 5.74) is 0.810. The Morgan fingerprint density at radius 1 is 1.32 bits per heavy atom. The average molecular weight is 360 g/mol. The van der Waals surface area contributed by atoms with Crippen LogP contribution in [0.1, 0.15) is 9.75 Å². The SMILES string of the molecule is Cc1sc(CNc2cccc(S(C)(=O)=O)c2)cc1Br. The number of benzene rings is 1. The monoisotopic (exact) mass is 359 g/mol. The molecule has 0 atom stereocenters. The topological polar surface area (TPSA) is 46.2 Å². The van der Waals surface area contributed by atoms with Crippen molar-refractivity contribution in [1.82, 2.24) is 0 Å². The lowest BCUT2D eigenvalue weighted by Gasteiger charge is -2.06. The first-order valence-electron chi connectivity index (χ1n) is 5.65. The predicted molar refractivity (Wildman–Crippen MR) is 83.6 cm³/mol. The number of hydrogen-bond acceptors (Lipinski definition) is 4. The fraction of sp³-hybridized carbons (Fsp3) is 0.231. The van der Waals surface area contributed by atoms with E-state index in [0.717, 1.165) is 10.2 Å². The smallest absolute Gasteiger partial charge is 0.175 e. The summed E-state index contributed by atoms with van der Waals surface area (Å²) in [6.07, 6.45) is 1.21. The molecule has 1 aromatic carbocycles. The summed E-state index contributed by atoms with van der Waals surface area (Å²) in [6, 6.07) is 8.95. The Balaban J connectivity index is 2.12. The third-order valence-electron chi connectivity index (χ3n) is 2.64. The normalized spacial score (nSPS) is 11.5. The minimum atomic E-state index is -3.16. The van der Waals surface area contributed by atoms with Gasteiger partial charge in [-0.25, -0.2) is 8.42 Å². The standard InChI is InChI=1S/C13H14BrNO2S2/c1-9-13(14)7-11(18-9)8-15-10-4-3-5-12(6-10)19(2,16)17/h3-7,15H,8H2,1-2H3. The molecule has 0 aliphatic carbocycles. The predicted octanol–water partition coefficient (Wildman–Crippen LogP) is 3.83. The fourth-order valence-electron chi connectivity index (χ4n) is 1.63. The van der Waals surface area contributed by atoms with E-state index in [2.05, 4.69) is 34.2 Å². The van der Waals surface area contributed by atoms with E-state index in [0.29, 0.717) is 11.4 Å². The molecule has 6 heteroatoms. The summed E-state index contributed by atoms with van der Waals surface area (Å²) >= 11 is 5.20. The number of sulfone groups is 1. The van der Waals surface area contributed by atoms with E-state index in [9.17, 15) is 8.42 Å². The lowest BCUT2D eigenvalue weighted by molar-refractivity contribution is 0.602. The molecule has 0 amide bonds. The molecule has 3 nitrogen and oxygen atoms in total. The minimum Gasteiger partial charge on any atom is -0.380 e. The fourth-order valence-corrected chi connectivity index (χ4v) is 3.84. The molecule has 0 radical (unpaired) electrons. The minimum absolute atomic E-state index is 0.334. The summed E-state index contributed by atoms with van der Waals surface area (Å²) < 4.78 is 24.1. The van der Waals surface area contributed by atoms with Crippen LogP contribution >= 0.6 is 27.3 Å². The summed E-state index contributed by atoms with van der Waals surface area (Å²) in [5.74, 6) is 0. The second-order valence-corrected chi connectivity index (χ2v) is 8.48. The Morgan fingerprint density at radius 2 is 2.05 bits per heavy atom. The van der Waals surface area contributed by atoms with Gasteiger partial charge in [0.15, 0.2) is 9.84 Å². The summed E-state index contributed by atoms with van der Waals surface area (Å²) in [6.45, 7) is 2.74. The van der Waals surface area contributed by atoms with Crippen molar-refractivity contribution in [3.8, 4) is 0 Å². The zero-order chi connectivity index (χ0) is 14.0. The maximum atomic E-state index is 11.5. The number of hydrogen-bond donors (Lipinski definition) is 1. The van der Waals surface area contributed by atoms with Crippen molar-refractivity contribution < 1.29 is 8.42 Å². The van der Waals surface area contributed by atoms with Crippen LogP contribution in [0, 0.1) is 6.92 Å². The summed E-state index contributed by atoms with van der Waals surface area (Å²) in [4.78, 5) is 2.77. The number of aryl methyl sites for hydroxylation is 1. The molecule has 102 valence electrons. The molecule has 0 saturated heterocycles. The van der Waals surface area contributed by atoms with E-state index < -0.39 is 9.84 Å². The largest absolute Gasteiger partial charge is 0.380 e. The Labute approximate surface area is 125 Å². The average Bonchev–Trinajstić information content (AvgIpc) is 2.66. The Morgan fingerprint density at radius 3 is 2.63 bits per heavy atom. The molecular formula is C13H14BrNO2S2. The van der Waals surface area contributed by atoms with Crippen LogP contribution in [-0.4, -0.2) is 14.7 Å². The third kappa shape index (κ3) is 3.81. The van der Waals surface area contributed by atoms with Gasteiger partial charge in [-0.1, -0.05) is 6.07 Å². The highest BCUT2D eigenvalue weighted by molar-refractivity contribution is 9.10. The number of nitrogens with one attached hydrogen (secondary N) is 1. The first kappa shape index (κ1) is 14.6. The van der Waals surface area contributed by atoms with E-state index in [1.54, 1.807) is 29.5 Å². The maximum Gasteiger partial charge on any atom is 0.175 e. The van der Waals surface area contributed by atoms with Gasteiger partial charge in [-0.05, 0) is 47.1 Å². The van der Waals surface area contributed by atoms with E-state index in [-0.39, 0.29) is 0 Å². The van der Waals surface area contributed by atoms with Crippen LogP contribution in [0.25, 0.3) is 0 Å². The lowest BCUT2D eigenvalue weighted by Crippen LogP contribution is -2.01. The van der Waals surface area contributed by atoms with Crippen molar-refractivity contribution in [1.29, 1.82) is 0 Å². The van der Waals surface area contributed by atoms with Crippen molar-refractivity contribution in [3.05, 3.63) is 44.6 Å². The molecule has 0 aliphatic rings. The number of thiophene rings is 1. The highest BCUT2D eigenvalue weighted by Crippen LogP contribution is 2.27. The van der Waals surface area contributed by atoms with Gasteiger partial charge in [0.25, 0.3) is 0 Å². The van der Waals surface area contributed by atoms with Crippen molar-refractivity contribution in [2.24, 2.45) is 0 Å². The third-order valence-corrected chi connectivity index (χ3v) is 5.88. The maximum absolute atomic E-state index is 11.5. The van der Waals surface area contributed by atoms with E-state index in [1.807, 2.05) is 6.07 Å². The molecule has 2 rings (SSSR count). The van der Waals surface area contributed by atoms with Gasteiger partial charge in [0.1, 0.15) is 0 Å². The first-order valence-corrected chi connectivity index (χ1v) is 9.15. The van der Waals surface area contributed by atoms with Crippen LogP contribution in [0.3, 0.4) is 0 Å². The summed E-state index contributed by atoms with van der Waals surface area (Å²) in [7, 11) is -3.16. The first-order chi connectivity index (χ1) is 8.86. The van der Waals surface area contributed by atoms with Crippen LogP contribution < -0.4 is 5.32 Å². The van der Waals surface area contributed by atoms with E-state index in [1.165, 1.54) is 16.0 Å². The van der Waals surface area contributed by atoms with Gasteiger partial charge in [-0.3, -0.25) is 0 Å². The molecule has 0 unspecified atom stereocenters. The number of anilines is 1.